The van der Waals surface area contributed by atoms with Gasteiger partial charge >= 0.3 is 0 Å². The summed E-state index contributed by atoms with van der Waals surface area (Å²) in [5, 5.41) is 22.7. The number of rotatable bonds is 6. The lowest BCUT2D eigenvalue weighted by Crippen LogP contribution is -2.14. The third-order valence-corrected chi connectivity index (χ3v) is 6.32. The van der Waals surface area contributed by atoms with E-state index < -0.39 is 21.7 Å². The molecule has 1 amide bonds. The molecule has 0 unspecified atom stereocenters. The van der Waals surface area contributed by atoms with Crippen LogP contribution >= 0.6 is 0 Å². The lowest BCUT2D eigenvalue weighted by Gasteiger charge is -2.13. The zero-order valence-electron chi connectivity index (χ0n) is 17.6. The number of amides is 1. The summed E-state index contributed by atoms with van der Waals surface area (Å²) < 4.78 is 41.6. The third kappa shape index (κ3) is 5.16. The van der Waals surface area contributed by atoms with Gasteiger partial charge in [0.2, 0.25) is 5.91 Å². The maximum Gasteiger partial charge on any atom is 0.262 e. The van der Waals surface area contributed by atoms with Crippen LogP contribution in [0.2, 0.25) is 0 Å². The van der Waals surface area contributed by atoms with Crippen molar-refractivity contribution in [2.45, 2.75) is 4.90 Å². The Morgan fingerprint density at radius 1 is 0.853 bits per heavy atom. The molecule has 0 heterocycles. The Kier molecular flexibility index (Phi) is 6.20. The fourth-order valence-electron chi connectivity index (χ4n) is 3.41. The van der Waals surface area contributed by atoms with E-state index >= 15 is 0 Å². The molecule has 4 aromatic carbocycles. The van der Waals surface area contributed by atoms with Crippen molar-refractivity contribution in [1.82, 2.24) is 0 Å². The average Bonchev–Trinajstić information content (AvgIpc) is 2.78. The summed E-state index contributed by atoms with van der Waals surface area (Å²) in [6.07, 6.45) is 2.64. The van der Waals surface area contributed by atoms with Crippen LogP contribution in [0.4, 0.5) is 15.8 Å². The van der Waals surface area contributed by atoms with E-state index in [4.69, 9.17) is 0 Å². The molecular formula is C25H19FN2O5S. The van der Waals surface area contributed by atoms with Crippen molar-refractivity contribution in [3.05, 3.63) is 96.3 Å². The fourth-order valence-corrected chi connectivity index (χ4v) is 4.69. The van der Waals surface area contributed by atoms with Crippen molar-refractivity contribution >= 4 is 44.2 Å². The highest BCUT2D eigenvalue weighted by Gasteiger charge is 2.18. The second kappa shape index (κ2) is 9.24. The SMILES string of the molecule is O=C(C=Cc1cc(O)cc(O)c1)Nc1cccc2c(S(=O)(=O)Nc3ccc(F)cc3)cccc12. The topological polar surface area (TPSA) is 116 Å². The fraction of sp³-hybridized carbons (Fsp3) is 0. The first-order chi connectivity index (χ1) is 16.2. The molecular weight excluding hydrogens is 459 g/mol. The van der Waals surface area contributed by atoms with E-state index in [1.54, 1.807) is 30.3 Å². The van der Waals surface area contributed by atoms with Gasteiger partial charge in [0.1, 0.15) is 17.3 Å². The number of anilines is 2. The second-order valence-electron chi connectivity index (χ2n) is 7.37. The smallest absolute Gasteiger partial charge is 0.262 e. The van der Waals surface area contributed by atoms with Crippen molar-refractivity contribution in [2.24, 2.45) is 0 Å². The number of carbonyl (C=O) groups is 1. The number of nitrogens with one attached hydrogen (secondary N) is 2. The summed E-state index contributed by atoms with van der Waals surface area (Å²) in [4.78, 5) is 12.5. The van der Waals surface area contributed by atoms with Crippen LogP contribution in [0.25, 0.3) is 16.8 Å². The number of phenolic OH excluding ortho intramolecular Hbond substituents is 2. The van der Waals surface area contributed by atoms with Gasteiger partial charge in [0.25, 0.3) is 10.0 Å². The van der Waals surface area contributed by atoms with Gasteiger partial charge in [0, 0.05) is 34.3 Å². The summed E-state index contributed by atoms with van der Waals surface area (Å²) in [7, 11) is -4.00. The van der Waals surface area contributed by atoms with Gasteiger partial charge in [-0.3, -0.25) is 9.52 Å². The van der Waals surface area contributed by atoms with Crippen molar-refractivity contribution in [3.63, 3.8) is 0 Å². The second-order valence-corrected chi connectivity index (χ2v) is 9.03. The maximum absolute atomic E-state index is 13.1. The van der Waals surface area contributed by atoms with E-state index in [-0.39, 0.29) is 22.1 Å². The Hall–Kier alpha value is -4.37. The van der Waals surface area contributed by atoms with Crippen LogP contribution in [0.1, 0.15) is 5.56 Å². The van der Waals surface area contributed by atoms with E-state index in [0.717, 1.165) is 12.1 Å². The standard InChI is InChI=1S/C25H19FN2O5S/c26-17-8-10-18(11-9-17)28-34(32,33)24-6-2-3-21-22(24)4-1-5-23(21)27-25(31)12-7-16-13-19(29)15-20(30)14-16/h1-15,28-30H,(H,27,31). The molecule has 4 rings (SSSR count). The maximum atomic E-state index is 13.1. The van der Waals surface area contributed by atoms with Crippen LogP contribution in [0.3, 0.4) is 0 Å². The third-order valence-electron chi connectivity index (χ3n) is 4.88. The molecule has 0 aliphatic heterocycles. The molecule has 9 heteroatoms. The number of benzene rings is 4. The molecule has 0 spiro atoms. The quantitative estimate of drug-likeness (QED) is 0.296. The van der Waals surface area contributed by atoms with Gasteiger partial charge < -0.3 is 15.5 Å². The van der Waals surface area contributed by atoms with Gasteiger partial charge in [0.05, 0.1) is 4.90 Å². The van der Waals surface area contributed by atoms with Crippen molar-refractivity contribution in [2.75, 3.05) is 10.0 Å². The Bertz CT molecular complexity index is 1500. The normalized spacial score (nSPS) is 11.6. The number of carbonyl (C=O) groups excluding carboxylic acids is 1. The highest BCUT2D eigenvalue weighted by atomic mass is 32.2. The number of sulfonamides is 1. The zero-order valence-corrected chi connectivity index (χ0v) is 18.4. The molecule has 0 radical (unpaired) electrons. The Labute approximate surface area is 194 Å². The Balaban J connectivity index is 1.61. The number of halogens is 1. The van der Waals surface area contributed by atoms with E-state index in [0.29, 0.717) is 22.0 Å². The van der Waals surface area contributed by atoms with E-state index in [1.165, 1.54) is 48.6 Å². The van der Waals surface area contributed by atoms with Crippen LogP contribution < -0.4 is 10.0 Å². The predicted molar refractivity (Wildman–Crippen MR) is 129 cm³/mol. The summed E-state index contributed by atoms with van der Waals surface area (Å²) in [5.74, 6) is -1.26. The lowest BCUT2D eigenvalue weighted by molar-refractivity contribution is -0.111. The van der Waals surface area contributed by atoms with Gasteiger partial charge in [-0.1, -0.05) is 24.3 Å². The van der Waals surface area contributed by atoms with Crippen molar-refractivity contribution < 1.29 is 27.8 Å². The minimum Gasteiger partial charge on any atom is -0.508 e. The first kappa shape index (κ1) is 22.8. The van der Waals surface area contributed by atoms with E-state index in [9.17, 15) is 27.8 Å². The number of phenols is 2. The largest absolute Gasteiger partial charge is 0.508 e. The number of aromatic hydroxyl groups is 2. The van der Waals surface area contributed by atoms with Gasteiger partial charge in [0.15, 0.2) is 0 Å². The molecule has 4 N–H and O–H groups in total. The molecule has 172 valence electrons. The molecule has 4 aromatic rings. The first-order valence-electron chi connectivity index (χ1n) is 10.0. The van der Waals surface area contributed by atoms with Gasteiger partial charge in [-0.05, 0) is 60.2 Å². The van der Waals surface area contributed by atoms with Gasteiger partial charge in [-0.2, -0.15) is 0 Å². The predicted octanol–water partition coefficient (Wildman–Crippen LogP) is 4.84. The molecule has 0 atom stereocenters. The highest BCUT2D eigenvalue weighted by Crippen LogP contribution is 2.30. The summed E-state index contributed by atoms with van der Waals surface area (Å²) in [6, 6.07) is 18.4. The number of hydrogen-bond donors (Lipinski definition) is 4. The number of hydrogen-bond acceptors (Lipinski definition) is 5. The summed E-state index contributed by atoms with van der Waals surface area (Å²) in [6.45, 7) is 0. The highest BCUT2D eigenvalue weighted by molar-refractivity contribution is 7.93. The number of fused-ring (bicyclic) bond motifs is 1. The van der Waals surface area contributed by atoms with Crippen LogP contribution in [0.5, 0.6) is 11.5 Å². The molecule has 0 fully saturated rings. The average molecular weight is 479 g/mol. The first-order valence-corrected chi connectivity index (χ1v) is 11.5. The Morgan fingerprint density at radius 2 is 1.50 bits per heavy atom. The van der Waals surface area contributed by atoms with Gasteiger partial charge in [-0.25, -0.2) is 12.8 Å². The molecule has 0 aliphatic rings. The van der Waals surface area contributed by atoms with E-state index in [1.807, 2.05) is 0 Å². The molecule has 0 saturated heterocycles. The lowest BCUT2D eigenvalue weighted by atomic mass is 10.1. The zero-order chi connectivity index (χ0) is 24.3. The van der Waals surface area contributed by atoms with Crippen molar-refractivity contribution in [3.8, 4) is 11.5 Å². The summed E-state index contributed by atoms with van der Waals surface area (Å²) >= 11 is 0. The molecule has 7 nitrogen and oxygen atoms in total. The van der Waals surface area contributed by atoms with E-state index in [2.05, 4.69) is 10.0 Å². The summed E-state index contributed by atoms with van der Waals surface area (Å²) in [5.41, 5.74) is 1.03. The van der Waals surface area contributed by atoms with Crippen LogP contribution in [-0.4, -0.2) is 24.5 Å². The van der Waals surface area contributed by atoms with Crippen LogP contribution in [-0.2, 0) is 14.8 Å². The van der Waals surface area contributed by atoms with Crippen LogP contribution in [0, 0.1) is 5.82 Å². The molecule has 34 heavy (non-hydrogen) atoms. The molecule has 0 bridgehead atoms. The monoisotopic (exact) mass is 478 g/mol. The molecule has 0 aliphatic carbocycles. The van der Waals surface area contributed by atoms with Crippen molar-refractivity contribution in [1.29, 1.82) is 0 Å². The Morgan fingerprint density at radius 3 is 2.21 bits per heavy atom. The molecule has 0 aromatic heterocycles. The molecule has 0 saturated carbocycles. The van der Waals surface area contributed by atoms with Gasteiger partial charge in [-0.15, -0.1) is 0 Å². The van der Waals surface area contributed by atoms with Crippen LogP contribution in [0.15, 0.2) is 89.8 Å². The minimum absolute atomic E-state index is 0.00352. The minimum atomic E-state index is -4.00.